The zero-order chi connectivity index (χ0) is 4.28. The van der Waals surface area contributed by atoms with Crippen LogP contribution in [0.1, 0.15) is 0 Å². The molecule has 0 bridgehead atoms. The summed E-state index contributed by atoms with van der Waals surface area (Å²) < 4.78 is 0.301. The third-order valence-electron chi connectivity index (χ3n) is 0.0571. The highest BCUT2D eigenvalue weighted by Crippen LogP contribution is 2.72. The Balaban J connectivity index is 2.54. The maximum Gasteiger partial charge on any atom is -0.0766 e. The van der Waals surface area contributed by atoms with Crippen molar-refractivity contribution in [3.8, 4) is 0 Å². The Morgan fingerprint density at radius 1 is 1.40 bits per heavy atom. The second-order valence-electron chi connectivity index (χ2n) is 0.291. The Bertz CT molecular complexity index is 18.9. The van der Waals surface area contributed by atoms with Crippen molar-refractivity contribution in [1.29, 1.82) is 0 Å². The molecule has 0 aliphatic rings. The first-order valence-electron chi connectivity index (χ1n) is 0.707. The largest absolute Gasteiger partial charge is 0.410 e. The first-order valence-corrected chi connectivity index (χ1v) is 12.0. The van der Waals surface area contributed by atoms with Gasteiger partial charge in [0.15, 0.2) is 0 Å². The van der Waals surface area contributed by atoms with Gasteiger partial charge in [0.1, 0.15) is 0 Å². The van der Waals surface area contributed by atoms with E-state index in [9.17, 15) is 0 Å². The molecule has 0 atom stereocenters. The van der Waals surface area contributed by atoms with Gasteiger partial charge in [-0.05, 0) is 0 Å². The Kier molecular flexibility index (Phi) is 8.36. The van der Waals surface area contributed by atoms with Crippen LogP contribution < -0.4 is 0 Å². The summed E-state index contributed by atoms with van der Waals surface area (Å²) in [4.78, 5) is 0. The van der Waals surface area contributed by atoms with E-state index < -0.39 is 0 Å². The van der Waals surface area contributed by atoms with Crippen LogP contribution in [0.3, 0.4) is 0 Å². The van der Waals surface area contributed by atoms with Crippen LogP contribution in [-0.4, -0.2) is 0 Å². The van der Waals surface area contributed by atoms with E-state index in [-0.39, 0.29) is 0 Å². The summed E-state index contributed by atoms with van der Waals surface area (Å²) >= 11 is 7.24. The van der Waals surface area contributed by atoms with Crippen molar-refractivity contribution in [3.63, 3.8) is 0 Å². The van der Waals surface area contributed by atoms with E-state index in [1.807, 2.05) is 0 Å². The molecule has 0 aromatic heterocycles. The summed E-state index contributed by atoms with van der Waals surface area (Å²) in [6.45, 7) is 0. The molecule has 0 nitrogen and oxygen atoms in total. The van der Waals surface area contributed by atoms with E-state index in [2.05, 4.69) is 66.1 Å². The number of halogens is 3. The van der Waals surface area contributed by atoms with E-state index >= 15 is 0 Å². The van der Waals surface area contributed by atoms with Gasteiger partial charge in [-0.3, -0.25) is 0 Å². The Morgan fingerprint density at radius 3 is 1.60 bits per heavy atom. The fourth-order valence-corrected chi connectivity index (χ4v) is 0. The molecule has 5 heavy (non-hydrogen) atoms. The molecule has 0 N–H and O–H groups in total. The van der Waals surface area contributed by atoms with Crippen LogP contribution in [0.5, 0.6) is 0 Å². The second-order valence-corrected chi connectivity index (χ2v) is 22.3. The minimum Gasteiger partial charge on any atom is -0.410 e. The lowest BCUT2D eigenvalue weighted by atomic mass is 30.0. The molecule has 0 aromatic carbocycles. The highest BCUT2D eigenvalue weighted by Gasteiger charge is 1.66. The average molecular weight is 443 g/mol. The zero-order valence-electron chi connectivity index (χ0n) is 2.03. The molecule has 0 unspecified atom stereocenters. The molecule has 0 radical (unpaired) electrons. The molecule has 0 amide bonds. The number of hydrogen-bond donors (Lipinski definition) is 0. The maximum absolute atomic E-state index is 2.44. The Labute approximate surface area is 73.5 Å². The summed E-state index contributed by atoms with van der Waals surface area (Å²) in [7, 11) is 0. The topological polar surface area (TPSA) is 0 Å². The van der Waals surface area contributed by atoms with Crippen LogP contribution in [0.4, 0.5) is 0 Å². The van der Waals surface area contributed by atoms with Crippen LogP contribution in [0.15, 0.2) is 0 Å². The van der Waals surface area contributed by atoms with Crippen LogP contribution in [0.25, 0.3) is 0 Å². The van der Waals surface area contributed by atoms with Crippen molar-refractivity contribution in [3.05, 3.63) is 0 Å². The molecular formula is I3P2-. The van der Waals surface area contributed by atoms with E-state index in [0.29, 0.717) is 2.90 Å². The molecule has 32 valence electrons. The molecule has 5 heteroatoms. The predicted molar refractivity (Wildman–Crippen MR) is 55.9 cm³/mol. The van der Waals surface area contributed by atoms with Crippen LogP contribution in [-0.2, 0) is 0 Å². The smallest absolute Gasteiger partial charge is 0.0766 e. The van der Waals surface area contributed by atoms with Gasteiger partial charge in [0.25, 0.3) is 0 Å². The van der Waals surface area contributed by atoms with Gasteiger partial charge in [0.2, 0.25) is 0 Å². The minimum atomic E-state index is 0.301. The summed E-state index contributed by atoms with van der Waals surface area (Å²) in [5.74, 6) is 1.51. The molecule has 0 aliphatic carbocycles. The molecule has 0 rings (SSSR count). The van der Waals surface area contributed by atoms with Crippen LogP contribution in [0, 0.1) is 0 Å². The molecule has 0 aliphatic heterocycles. The fourth-order valence-electron chi connectivity index (χ4n) is 0. The van der Waals surface area contributed by atoms with Crippen molar-refractivity contribution in [1.82, 2.24) is 0 Å². The summed E-state index contributed by atoms with van der Waals surface area (Å²) in [6.07, 6.45) is 0. The Morgan fingerprint density at radius 2 is 1.60 bits per heavy atom. The lowest BCUT2D eigenvalue weighted by Gasteiger charge is -2.06. The van der Waals surface area contributed by atoms with E-state index in [1.54, 1.807) is 0 Å². The molecule has 0 heterocycles. The molecule has 0 saturated heterocycles. The lowest BCUT2D eigenvalue weighted by molar-refractivity contribution is 5.74. The first-order chi connectivity index (χ1) is 2.27. The first kappa shape index (κ1) is 8.05. The van der Waals surface area contributed by atoms with Gasteiger partial charge in [0, 0.05) is 0 Å². The Hall–Kier alpha value is 3.05. The van der Waals surface area contributed by atoms with Crippen molar-refractivity contribution in [2.75, 3.05) is 0 Å². The van der Waals surface area contributed by atoms with Crippen LogP contribution >= 0.6 is 74.9 Å². The van der Waals surface area contributed by atoms with Crippen molar-refractivity contribution in [2.24, 2.45) is 0 Å². The standard InChI is InChI=1S/I3P2/c1-4-5(2)3/q-1. The molecule has 0 spiro atoms. The normalized spacial score (nSPS) is 12.0. The van der Waals surface area contributed by atoms with Gasteiger partial charge in [-0.25, -0.2) is 0 Å². The summed E-state index contributed by atoms with van der Waals surface area (Å²) in [5.41, 5.74) is 0. The molecule has 0 aromatic rings. The van der Waals surface area contributed by atoms with Crippen molar-refractivity contribution in [2.45, 2.75) is 0 Å². The zero-order valence-corrected chi connectivity index (χ0v) is 10.3. The van der Waals surface area contributed by atoms with Crippen LogP contribution in [0.2, 0.25) is 0 Å². The highest BCUT2D eigenvalue weighted by atomic mass is 127. The monoisotopic (exact) mass is 443 g/mol. The van der Waals surface area contributed by atoms with Gasteiger partial charge in [-0.2, -0.15) is 0 Å². The van der Waals surface area contributed by atoms with Crippen molar-refractivity contribution >= 4 is 74.9 Å². The average Bonchev–Trinajstić information content (AvgIpc) is 1.38. The lowest BCUT2D eigenvalue weighted by Crippen LogP contribution is -0.978. The van der Waals surface area contributed by atoms with Gasteiger partial charge in [0.05, 0.1) is 0 Å². The minimum absolute atomic E-state index is 0.301. The van der Waals surface area contributed by atoms with E-state index in [1.165, 1.54) is 5.91 Å². The third kappa shape index (κ3) is 7.05. The van der Waals surface area contributed by atoms with Crippen molar-refractivity contribution < 1.29 is 0 Å². The molecular weight excluding hydrogens is 443 g/mol. The van der Waals surface area contributed by atoms with Gasteiger partial charge >= 0.3 is 0 Å². The van der Waals surface area contributed by atoms with Gasteiger partial charge < -0.3 is 28.0 Å². The second kappa shape index (κ2) is 5.19. The quantitative estimate of drug-likeness (QED) is 0.418. The van der Waals surface area contributed by atoms with E-state index in [0.717, 1.165) is 0 Å². The number of rotatable bonds is 1. The molecule has 0 saturated carbocycles. The van der Waals surface area contributed by atoms with Gasteiger partial charge in [-0.1, -0.05) is 44.1 Å². The maximum atomic E-state index is 2.44. The highest BCUT2D eigenvalue weighted by molar-refractivity contribution is 14.3. The van der Waals surface area contributed by atoms with Gasteiger partial charge in [-0.15, -0.1) is 2.90 Å². The fraction of sp³-hybridized carbons (Fsp3) is 0. The van der Waals surface area contributed by atoms with E-state index in [4.69, 9.17) is 0 Å². The summed E-state index contributed by atoms with van der Waals surface area (Å²) in [6, 6.07) is 0. The molecule has 0 fully saturated rings. The number of hydrogen-bond acceptors (Lipinski definition) is 0. The summed E-state index contributed by atoms with van der Waals surface area (Å²) in [5, 5.41) is 0. The predicted octanol–water partition coefficient (Wildman–Crippen LogP) is 4.38. The SMILES string of the molecule is I[P-]P(I)I. The third-order valence-corrected chi connectivity index (χ3v) is 23.1.